The fraction of sp³-hybridized carbons (Fsp3) is 0.300. The van der Waals surface area contributed by atoms with Crippen molar-refractivity contribution in [1.29, 1.82) is 0 Å². The molecule has 0 aromatic heterocycles. The lowest BCUT2D eigenvalue weighted by molar-refractivity contribution is -0.384. The largest absolute Gasteiger partial charge is 0.395 e. The Hall–Kier alpha value is -1.91. The van der Waals surface area contributed by atoms with Gasteiger partial charge in [0.05, 0.1) is 11.1 Å². The van der Waals surface area contributed by atoms with E-state index in [0.29, 0.717) is 6.61 Å². The molecule has 0 N–H and O–H groups in total. The van der Waals surface area contributed by atoms with Crippen molar-refractivity contribution in [3.05, 3.63) is 39.9 Å². The SMILES string of the molecule is O=[N+]([O-])c1ccc(C[C@H]2C=NOC2)cc1. The minimum atomic E-state index is -0.399. The van der Waals surface area contributed by atoms with Gasteiger partial charge in [0.1, 0.15) is 6.61 Å². The Kier molecular flexibility index (Phi) is 2.62. The predicted octanol–water partition coefficient (Wildman–Crippen LogP) is 1.77. The molecule has 1 aliphatic heterocycles. The van der Waals surface area contributed by atoms with Gasteiger partial charge in [-0.25, -0.2) is 0 Å². The molecule has 15 heavy (non-hydrogen) atoms. The molecule has 0 radical (unpaired) electrons. The number of benzene rings is 1. The molecule has 1 heterocycles. The molecule has 5 heteroatoms. The van der Waals surface area contributed by atoms with Gasteiger partial charge in [0.15, 0.2) is 0 Å². The van der Waals surface area contributed by atoms with Crippen LogP contribution in [0.2, 0.25) is 0 Å². The minimum absolute atomic E-state index is 0.120. The highest BCUT2D eigenvalue weighted by atomic mass is 16.6. The number of rotatable bonds is 3. The van der Waals surface area contributed by atoms with Gasteiger partial charge in [0.25, 0.3) is 5.69 Å². The number of hydrogen-bond donors (Lipinski definition) is 0. The number of non-ortho nitro benzene ring substituents is 1. The first-order valence-electron chi connectivity index (χ1n) is 4.64. The van der Waals surface area contributed by atoms with Gasteiger partial charge in [-0.2, -0.15) is 0 Å². The molecule has 0 aliphatic carbocycles. The summed E-state index contributed by atoms with van der Waals surface area (Å²) in [5.74, 6) is 0.284. The highest BCUT2D eigenvalue weighted by Gasteiger charge is 2.13. The molecule has 1 aromatic carbocycles. The Morgan fingerprint density at radius 2 is 2.20 bits per heavy atom. The van der Waals surface area contributed by atoms with E-state index in [1.807, 2.05) is 0 Å². The van der Waals surface area contributed by atoms with E-state index < -0.39 is 4.92 Å². The molecule has 78 valence electrons. The average molecular weight is 206 g/mol. The van der Waals surface area contributed by atoms with E-state index in [1.54, 1.807) is 18.3 Å². The predicted molar refractivity (Wildman–Crippen MR) is 54.7 cm³/mol. The van der Waals surface area contributed by atoms with Gasteiger partial charge in [-0.05, 0) is 12.0 Å². The van der Waals surface area contributed by atoms with Gasteiger partial charge >= 0.3 is 0 Å². The van der Waals surface area contributed by atoms with Crippen LogP contribution in [0.1, 0.15) is 5.56 Å². The van der Waals surface area contributed by atoms with Gasteiger partial charge < -0.3 is 4.84 Å². The molecule has 5 nitrogen and oxygen atoms in total. The summed E-state index contributed by atoms with van der Waals surface area (Å²) in [5.41, 5.74) is 1.18. The second-order valence-corrected chi connectivity index (χ2v) is 3.44. The van der Waals surface area contributed by atoms with Crippen LogP contribution in [-0.4, -0.2) is 17.7 Å². The second-order valence-electron chi connectivity index (χ2n) is 3.44. The van der Waals surface area contributed by atoms with Crippen molar-refractivity contribution in [2.75, 3.05) is 6.61 Å². The van der Waals surface area contributed by atoms with Gasteiger partial charge in [0.2, 0.25) is 0 Å². The van der Waals surface area contributed by atoms with Crippen molar-refractivity contribution in [2.24, 2.45) is 11.1 Å². The number of nitro groups is 1. The molecule has 2 rings (SSSR count). The molecule has 0 unspecified atom stereocenters. The third-order valence-electron chi connectivity index (χ3n) is 2.28. The normalized spacial score (nSPS) is 18.8. The van der Waals surface area contributed by atoms with Crippen molar-refractivity contribution < 1.29 is 9.76 Å². The van der Waals surface area contributed by atoms with Crippen molar-refractivity contribution in [3.8, 4) is 0 Å². The van der Waals surface area contributed by atoms with Gasteiger partial charge in [-0.15, -0.1) is 0 Å². The Morgan fingerprint density at radius 1 is 1.47 bits per heavy atom. The van der Waals surface area contributed by atoms with E-state index in [1.165, 1.54) is 12.1 Å². The molecule has 0 saturated heterocycles. The highest BCUT2D eigenvalue weighted by Crippen LogP contribution is 2.16. The first-order chi connectivity index (χ1) is 7.25. The number of nitrogens with zero attached hydrogens (tertiary/aromatic N) is 2. The molecular formula is C10H10N2O3. The molecule has 0 spiro atoms. The van der Waals surface area contributed by atoms with E-state index in [0.717, 1.165) is 12.0 Å². The number of oxime groups is 1. The third kappa shape index (κ3) is 2.31. The lowest BCUT2D eigenvalue weighted by Crippen LogP contribution is -2.06. The van der Waals surface area contributed by atoms with Crippen LogP contribution in [0.4, 0.5) is 5.69 Å². The maximum absolute atomic E-state index is 10.4. The minimum Gasteiger partial charge on any atom is -0.395 e. The lowest BCUT2D eigenvalue weighted by Gasteiger charge is -2.03. The molecule has 0 amide bonds. The Balaban J connectivity index is 2.03. The van der Waals surface area contributed by atoms with E-state index in [2.05, 4.69) is 5.16 Å². The van der Waals surface area contributed by atoms with Crippen LogP contribution in [0.25, 0.3) is 0 Å². The number of hydrogen-bond acceptors (Lipinski definition) is 4. The first-order valence-corrected chi connectivity index (χ1v) is 4.64. The Bertz CT molecular complexity index is 386. The maximum atomic E-state index is 10.4. The van der Waals surface area contributed by atoms with Crippen molar-refractivity contribution >= 4 is 11.9 Å². The van der Waals surface area contributed by atoms with Crippen molar-refractivity contribution in [2.45, 2.75) is 6.42 Å². The van der Waals surface area contributed by atoms with Crippen LogP contribution in [0.15, 0.2) is 29.4 Å². The smallest absolute Gasteiger partial charge is 0.269 e. The molecule has 0 fully saturated rings. The maximum Gasteiger partial charge on any atom is 0.269 e. The van der Waals surface area contributed by atoms with E-state index in [9.17, 15) is 10.1 Å². The molecule has 0 saturated carbocycles. The zero-order valence-electron chi connectivity index (χ0n) is 8.00. The highest BCUT2D eigenvalue weighted by molar-refractivity contribution is 5.62. The van der Waals surface area contributed by atoms with Crippen LogP contribution >= 0.6 is 0 Å². The van der Waals surface area contributed by atoms with Crippen LogP contribution in [0.5, 0.6) is 0 Å². The van der Waals surface area contributed by atoms with Gasteiger partial charge in [0, 0.05) is 18.1 Å². The summed E-state index contributed by atoms with van der Waals surface area (Å²) >= 11 is 0. The standard InChI is InChI=1S/C10H10N2O3/c13-12(14)10-3-1-8(2-4-10)5-9-6-11-15-7-9/h1-4,6,9H,5,7H2/t9-/m0/s1. The van der Waals surface area contributed by atoms with Crippen molar-refractivity contribution in [1.82, 2.24) is 0 Å². The number of nitro benzene ring substituents is 1. The van der Waals surface area contributed by atoms with Crippen molar-refractivity contribution in [3.63, 3.8) is 0 Å². The third-order valence-corrected chi connectivity index (χ3v) is 2.28. The van der Waals surface area contributed by atoms with E-state index in [4.69, 9.17) is 4.84 Å². The summed E-state index contributed by atoms with van der Waals surface area (Å²) in [4.78, 5) is 14.9. The fourth-order valence-corrected chi connectivity index (χ4v) is 1.48. The summed E-state index contributed by atoms with van der Waals surface area (Å²) in [6.45, 7) is 0.594. The first kappa shape index (κ1) is 9.64. The van der Waals surface area contributed by atoms with Crippen LogP contribution in [0.3, 0.4) is 0 Å². The zero-order chi connectivity index (χ0) is 10.7. The van der Waals surface area contributed by atoms with Gasteiger partial charge in [-0.1, -0.05) is 17.3 Å². The summed E-state index contributed by atoms with van der Waals surface area (Å²) in [5, 5.41) is 14.1. The second kappa shape index (κ2) is 4.08. The topological polar surface area (TPSA) is 64.7 Å². The average Bonchev–Trinajstić information content (AvgIpc) is 2.71. The zero-order valence-corrected chi connectivity index (χ0v) is 8.00. The van der Waals surface area contributed by atoms with E-state index in [-0.39, 0.29) is 11.6 Å². The summed E-state index contributed by atoms with van der Waals surface area (Å²) < 4.78 is 0. The van der Waals surface area contributed by atoms with Crippen LogP contribution in [-0.2, 0) is 11.3 Å². The molecule has 1 aliphatic rings. The summed E-state index contributed by atoms with van der Waals surface area (Å²) in [7, 11) is 0. The molecule has 0 bridgehead atoms. The Morgan fingerprint density at radius 3 is 2.73 bits per heavy atom. The summed E-state index contributed by atoms with van der Waals surface area (Å²) in [6, 6.07) is 6.57. The van der Waals surface area contributed by atoms with E-state index >= 15 is 0 Å². The lowest BCUT2D eigenvalue weighted by atomic mass is 10.0. The molecule has 1 atom stereocenters. The fourth-order valence-electron chi connectivity index (χ4n) is 1.48. The monoisotopic (exact) mass is 206 g/mol. The Labute approximate surface area is 86.5 Å². The molecule has 1 aromatic rings. The quantitative estimate of drug-likeness (QED) is 0.559. The summed E-state index contributed by atoms with van der Waals surface area (Å²) in [6.07, 6.45) is 2.57. The molecular weight excluding hydrogens is 196 g/mol. The van der Waals surface area contributed by atoms with Gasteiger partial charge in [-0.3, -0.25) is 10.1 Å². The van der Waals surface area contributed by atoms with Crippen LogP contribution in [0, 0.1) is 16.0 Å². The van der Waals surface area contributed by atoms with Crippen LogP contribution < -0.4 is 0 Å².